The lowest BCUT2D eigenvalue weighted by atomic mass is 10.1. The summed E-state index contributed by atoms with van der Waals surface area (Å²) in [6, 6.07) is 8.32. The summed E-state index contributed by atoms with van der Waals surface area (Å²) >= 11 is 5.99. The first kappa shape index (κ1) is 14.8. The Bertz CT molecular complexity index is 605. The summed E-state index contributed by atoms with van der Waals surface area (Å²) in [6.07, 6.45) is 0. The van der Waals surface area contributed by atoms with Gasteiger partial charge in [0.05, 0.1) is 5.02 Å². The van der Waals surface area contributed by atoms with Gasteiger partial charge in [-0.1, -0.05) is 29.8 Å². The largest absolute Gasteiger partial charge is 0.488 e. The standard InChI is InChI=1S/C16H17ClFNO/c1-10-5-12(8-19)6-11(2)16(10)20-9-13-3-4-14(18)7-15(13)17/h3-7H,8-9,19H2,1-2H3. The molecule has 0 aliphatic rings. The summed E-state index contributed by atoms with van der Waals surface area (Å²) in [4.78, 5) is 0. The zero-order valence-electron chi connectivity index (χ0n) is 11.5. The molecule has 0 aromatic heterocycles. The zero-order valence-corrected chi connectivity index (χ0v) is 12.3. The van der Waals surface area contributed by atoms with Crippen LogP contribution in [0.4, 0.5) is 4.39 Å². The average molecular weight is 294 g/mol. The molecule has 2 rings (SSSR count). The Morgan fingerprint density at radius 1 is 1.15 bits per heavy atom. The van der Waals surface area contributed by atoms with Crippen LogP contribution in [-0.2, 0) is 13.2 Å². The van der Waals surface area contributed by atoms with Crippen LogP contribution in [-0.4, -0.2) is 0 Å². The number of nitrogens with two attached hydrogens (primary N) is 1. The lowest BCUT2D eigenvalue weighted by molar-refractivity contribution is 0.302. The Hall–Kier alpha value is -1.58. The van der Waals surface area contributed by atoms with Gasteiger partial charge in [0.25, 0.3) is 0 Å². The minimum atomic E-state index is -0.349. The number of hydrogen-bond donors (Lipinski definition) is 1. The van der Waals surface area contributed by atoms with Crippen LogP contribution in [0.1, 0.15) is 22.3 Å². The van der Waals surface area contributed by atoms with E-state index >= 15 is 0 Å². The molecule has 20 heavy (non-hydrogen) atoms. The van der Waals surface area contributed by atoms with Gasteiger partial charge < -0.3 is 10.5 Å². The van der Waals surface area contributed by atoms with Crippen molar-refractivity contribution in [2.45, 2.75) is 27.0 Å². The molecule has 0 atom stereocenters. The highest BCUT2D eigenvalue weighted by atomic mass is 35.5. The minimum absolute atomic E-state index is 0.308. The molecule has 2 nitrogen and oxygen atoms in total. The number of hydrogen-bond acceptors (Lipinski definition) is 2. The van der Waals surface area contributed by atoms with Gasteiger partial charge >= 0.3 is 0 Å². The predicted octanol–water partition coefficient (Wildman–Crippen LogP) is 4.13. The number of benzene rings is 2. The molecule has 0 spiro atoms. The van der Waals surface area contributed by atoms with E-state index < -0.39 is 0 Å². The van der Waals surface area contributed by atoms with Gasteiger partial charge in [-0.25, -0.2) is 4.39 Å². The number of halogens is 2. The van der Waals surface area contributed by atoms with Crippen molar-refractivity contribution in [3.63, 3.8) is 0 Å². The van der Waals surface area contributed by atoms with Gasteiger partial charge in [-0.3, -0.25) is 0 Å². The summed E-state index contributed by atoms with van der Waals surface area (Å²) in [6.45, 7) is 4.77. The molecule has 0 bridgehead atoms. The minimum Gasteiger partial charge on any atom is -0.488 e. The second-order valence-corrected chi connectivity index (χ2v) is 5.19. The molecule has 2 N–H and O–H groups in total. The Morgan fingerprint density at radius 3 is 2.35 bits per heavy atom. The lowest BCUT2D eigenvalue weighted by Crippen LogP contribution is -2.03. The van der Waals surface area contributed by atoms with E-state index in [1.54, 1.807) is 6.07 Å². The molecule has 0 radical (unpaired) electrons. The van der Waals surface area contributed by atoms with Crippen LogP contribution in [0.5, 0.6) is 5.75 Å². The molecule has 106 valence electrons. The fourth-order valence-electron chi connectivity index (χ4n) is 2.17. The third-order valence-corrected chi connectivity index (χ3v) is 3.49. The monoisotopic (exact) mass is 293 g/mol. The van der Waals surface area contributed by atoms with Crippen molar-refractivity contribution in [3.05, 3.63) is 63.4 Å². The van der Waals surface area contributed by atoms with E-state index in [9.17, 15) is 4.39 Å². The topological polar surface area (TPSA) is 35.2 Å². The van der Waals surface area contributed by atoms with Crippen LogP contribution in [0, 0.1) is 19.7 Å². The van der Waals surface area contributed by atoms with Gasteiger partial charge in [-0.05, 0) is 42.7 Å². The van der Waals surface area contributed by atoms with E-state index in [1.165, 1.54) is 12.1 Å². The molecule has 4 heteroatoms. The molecule has 0 fully saturated rings. The van der Waals surface area contributed by atoms with Crippen LogP contribution in [0.15, 0.2) is 30.3 Å². The van der Waals surface area contributed by atoms with E-state index in [1.807, 2.05) is 26.0 Å². The van der Waals surface area contributed by atoms with E-state index in [4.69, 9.17) is 22.1 Å². The van der Waals surface area contributed by atoms with Crippen molar-refractivity contribution in [3.8, 4) is 5.75 Å². The maximum absolute atomic E-state index is 13.0. The maximum atomic E-state index is 13.0. The molecule has 0 aliphatic heterocycles. The highest BCUT2D eigenvalue weighted by molar-refractivity contribution is 6.31. The molecular weight excluding hydrogens is 277 g/mol. The fourth-order valence-corrected chi connectivity index (χ4v) is 2.40. The first-order valence-corrected chi connectivity index (χ1v) is 6.76. The first-order valence-electron chi connectivity index (χ1n) is 6.38. The smallest absolute Gasteiger partial charge is 0.125 e. The van der Waals surface area contributed by atoms with Crippen molar-refractivity contribution in [1.29, 1.82) is 0 Å². The second-order valence-electron chi connectivity index (χ2n) is 4.79. The molecular formula is C16H17ClFNO. The van der Waals surface area contributed by atoms with Crippen LogP contribution in [0.3, 0.4) is 0 Å². The summed E-state index contributed by atoms with van der Waals surface area (Å²) in [5.74, 6) is 0.473. The number of rotatable bonds is 4. The third kappa shape index (κ3) is 3.30. The number of aryl methyl sites for hydroxylation is 2. The van der Waals surface area contributed by atoms with Gasteiger partial charge in [-0.15, -0.1) is 0 Å². The molecule has 0 heterocycles. The van der Waals surface area contributed by atoms with Gasteiger partial charge in [0.15, 0.2) is 0 Å². The van der Waals surface area contributed by atoms with Gasteiger partial charge in [0, 0.05) is 12.1 Å². The molecule has 0 amide bonds. The molecule has 2 aromatic carbocycles. The first-order chi connectivity index (χ1) is 9.51. The van der Waals surface area contributed by atoms with Crippen molar-refractivity contribution < 1.29 is 9.13 Å². The van der Waals surface area contributed by atoms with E-state index in [-0.39, 0.29) is 5.82 Å². The summed E-state index contributed by atoms with van der Waals surface area (Å²) < 4.78 is 18.8. The Morgan fingerprint density at radius 2 is 1.80 bits per heavy atom. The van der Waals surface area contributed by atoms with E-state index in [0.717, 1.165) is 28.0 Å². The summed E-state index contributed by atoms with van der Waals surface area (Å²) in [5.41, 5.74) is 9.54. The Balaban J connectivity index is 2.19. The van der Waals surface area contributed by atoms with E-state index in [0.29, 0.717) is 18.2 Å². The number of ether oxygens (including phenoxy) is 1. The van der Waals surface area contributed by atoms with Crippen molar-refractivity contribution >= 4 is 11.6 Å². The Labute approximate surface area is 123 Å². The predicted molar refractivity (Wildman–Crippen MR) is 79.5 cm³/mol. The molecule has 0 aliphatic carbocycles. The Kier molecular flexibility index (Phi) is 4.63. The van der Waals surface area contributed by atoms with Gasteiger partial charge in [0.1, 0.15) is 18.2 Å². The molecule has 0 unspecified atom stereocenters. The van der Waals surface area contributed by atoms with Gasteiger partial charge in [0.2, 0.25) is 0 Å². The van der Waals surface area contributed by atoms with Gasteiger partial charge in [-0.2, -0.15) is 0 Å². The van der Waals surface area contributed by atoms with Crippen molar-refractivity contribution in [2.75, 3.05) is 0 Å². The lowest BCUT2D eigenvalue weighted by Gasteiger charge is -2.14. The quantitative estimate of drug-likeness (QED) is 0.920. The average Bonchev–Trinajstić information content (AvgIpc) is 2.39. The van der Waals surface area contributed by atoms with E-state index in [2.05, 4.69) is 0 Å². The normalized spacial score (nSPS) is 10.7. The van der Waals surface area contributed by atoms with Crippen LogP contribution >= 0.6 is 11.6 Å². The van der Waals surface area contributed by atoms with Crippen molar-refractivity contribution in [1.82, 2.24) is 0 Å². The SMILES string of the molecule is Cc1cc(CN)cc(C)c1OCc1ccc(F)cc1Cl. The van der Waals surface area contributed by atoms with Crippen LogP contribution < -0.4 is 10.5 Å². The second kappa shape index (κ2) is 6.25. The third-order valence-electron chi connectivity index (χ3n) is 3.14. The highest BCUT2D eigenvalue weighted by Gasteiger charge is 2.08. The van der Waals surface area contributed by atoms with Crippen LogP contribution in [0.2, 0.25) is 5.02 Å². The highest BCUT2D eigenvalue weighted by Crippen LogP contribution is 2.27. The summed E-state index contributed by atoms with van der Waals surface area (Å²) in [7, 11) is 0. The molecule has 0 saturated carbocycles. The zero-order chi connectivity index (χ0) is 14.7. The summed E-state index contributed by atoms with van der Waals surface area (Å²) in [5, 5.41) is 0.374. The van der Waals surface area contributed by atoms with Crippen LogP contribution in [0.25, 0.3) is 0 Å². The molecule has 2 aromatic rings. The molecule has 0 saturated heterocycles. The fraction of sp³-hybridized carbons (Fsp3) is 0.250. The van der Waals surface area contributed by atoms with Crippen molar-refractivity contribution in [2.24, 2.45) is 5.73 Å². The maximum Gasteiger partial charge on any atom is 0.125 e.